The van der Waals surface area contributed by atoms with Gasteiger partial charge in [-0.05, 0) is 47.1 Å². The summed E-state index contributed by atoms with van der Waals surface area (Å²) in [6.45, 7) is 7.32. The van der Waals surface area contributed by atoms with E-state index in [0.29, 0.717) is 4.57 Å². The zero-order valence-electron chi connectivity index (χ0n) is 23.3. The lowest BCUT2D eigenvalue weighted by molar-refractivity contribution is -0.149. The van der Waals surface area contributed by atoms with Gasteiger partial charge in [-0.25, -0.2) is 19.4 Å². The summed E-state index contributed by atoms with van der Waals surface area (Å²) in [5.41, 5.74) is 4.86. The normalized spacial score (nSPS) is 24.1. The molecule has 1 aliphatic heterocycles. The number of carbonyl (C=O) groups excluding carboxylic acids is 2. The molecule has 17 nitrogen and oxygen atoms in total. The maximum absolute atomic E-state index is 15.3. The van der Waals surface area contributed by atoms with E-state index < -0.39 is 92.4 Å². The maximum atomic E-state index is 15.3. The zero-order valence-corrected chi connectivity index (χ0v) is 24.2. The highest BCUT2D eigenvalue weighted by atomic mass is 31.2. The Balaban J connectivity index is 2.42. The molecule has 1 saturated heterocycles. The summed E-state index contributed by atoms with van der Waals surface area (Å²) >= 11 is 0. The van der Waals surface area contributed by atoms with E-state index in [1.807, 2.05) is 4.98 Å². The van der Waals surface area contributed by atoms with Crippen molar-refractivity contribution in [2.24, 2.45) is 5.11 Å². The van der Waals surface area contributed by atoms with Crippen LogP contribution in [0.15, 0.2) is 27.0 Å². The molecule has 4 N–H and O–H groups in total. The highest BCUT2D eigenvalue weighted by molar-refractivity contribution is 7.54. The predicted octanol–water partition coefficient (Wildman–Crippen LogP) is 0.798. The van der Waals surface area contributed by atoms with Gasteiger partial charge in [-0.2, -0.15) is 0 Å². The molecule has 0 radical (unpaired) electrons. The Labute approximate surface area is 233 Å². The first-order valence-corrected chi connectivity index (χ1v) is 14.2. The van der Waals surface area contributed by atoms with Gasteiger partial charge in [0.25, 0.3) is 5.56 Å². The predicted molar refractivity (Wildman–Crippen MR) is 140 cm³/mol. The van der Waals surface area contributed by atoms with Crippen molar-refractivity contribution in [1.29, 1.82) is 0 Å². The van der Waals surface area contributed by atoms with Gasteiger partial charge >= 0.3 is 25.3 Å². The summed E-state index contributed by atoms with van der Waals surface area (Å²) in [4.78, 5) is 53.0. The van der Waals surface area contributed by atoms with Crippen LogP contribution in [0.2, 0.25) is 0 Å². The molecule has 19 heteroatoms. The van der Waals surface area contributed by atoms with Crippen LogP contribution in [-0.4, -0.2) is 81.9 Å². The van der Waals surface area contributed by atoms with Crippen molar-refractivity contribution >= 4 is 19.6 Å². The third-order valence-electron chi connectivity index (χ3n) is 5.62. The largest absolute Gasteiger partial charge is 0.462 e. The number of aromatic amines is 1. The molecule has 0 bridgehead atoms. The minimum absolute atomic E-state index is 0.510. The number of aliphatic hydroxyl groups excluding tert-OH is 1. The lowest BCUT2D eigenvalue weighted by Gasteiger charge is -2.33. The molecule has 2 heterocycles. The second kappa shape index (κ2) is 14.2. The number of nitrogens with one attached hydrogen (secondary N) is 3. The van der Waals surface area contributed by atoms with Gasteiger partial charge in [0.1, 0.15) is 23.8 Å². The van der Waals surface area contributed by atoms with Crippen LogP contribution in [0.25, 0.3) is 10.4 Å². The fourth-order valence-corrected chi connectivity index (χ4v) is 5.56. The first-order valence-electron chi connectivity index (χ1n) is 12.6. The van der Waals surface area contributed by atoms with E-state index in [2.05, 4.69) is 20.2 Å². The number of esters is 2. The molecule has 0 saturated carbocycles. The molecule has 1 fully saturated rings. The van der Waals surface area contributed by atoms with E-state index in [1.165, 1.54) is 13.8 Å². The quantitative estimate of drug-likeness (QED) is 0.0755. The summed E-state index contributed by atoms with van der Waals surface area (Å²) in [5.74, 6) is -1.63. The van der Waals surface area contributed by atoms with E-state index in [0.717, 1.165) is 12.3 Å². The number of aliphatic hydroxyl groups is 1. The van der Waals surface area contributed by atoms with Crippen LogP contribution in [0.5, 0.6) is 0 Å². The van der Waals surface area contributed by atoms with Crippen LogP contribution in [0, 0.1) is 0 Å². The van der Waals surface area contributed by atoms with E-state index in [1.54, 1.807) is 27.7 Å². The van der Waals surface area contributed by atoms with Crippen LogP contribution in [0.1, 0.15) is 47.8 Å². The van der Waals surface area contributed by atoms with Gasteiger partial charge < -0.3 is 23.8 Å². The molecule has 0 aliphatic carbocycles. The molecular formula is C22H35FN7O10P. The minimum Gasteiger partial charge on any atom is -0.462 e. The third-order valence-corrected chi connectivity index (χ3v) is 7.57. The van der Waals surface area contributed by atoms with E-state index >= 15 is 4.39 Å². The average molecular weight is 608 g/mol. The van der Waals surface area contributed by atoms with Gasteiger partial charge in [0.05, 0.1) is 25.4 Å². The summed E-state index contributed by atoms with van der Waals surface area (Å²) in [7, 11) is -4.47. The molecule has 2 rings (SSSR count). The highest BCUT2D eigenvalue weighted by Gasteiger charge is 2.57. The number of nitrogens with zero attached hydrogens (tertiary/aromatic N) is 4. The van der Waals surface area contributed by atoms with Crippen LogP contribution >= 0.6 is 7.67 Å². The molecule has 0 spiro atoms. The SMILES string of the molecule is CC(C)OC(=O)[C@H](C)NP(=O)(N[C@@H](C)C(=O)OC(C)C)OC[C@@]1(CN=[N+]=[N-])O[C@@H](n2ccc(=O)[nH]c2=O)[C@H](F)[C@@H]1O. The van der Waals surface area contributed by atoms with Crippen LogP contribution in [0.4, 0.5) is 4.39 Å². The number of hydrogen-bond acceptors (Lipinski definition) is 11. The zero-order chi connectivity index (χ0) is 31.1. The summed E-state index contributed by atoms with van der Waals surface area (Å²) in [6.07, 6.45) is -6.30. The van der Waals surface area contributed by atoms with Crippen molar-refractivity contribution in [3.8, 4) is 0 Å². The van der Waals surface area contributed by atoms with E-state index in [9.17, 15) is 28.8 Å². The van der Waals surface area contributed by atoms with Crippen molar-refractivity contribution in [3.63, 3.8) is 0 Å². The van der Waals surface area contributed by atoms with Gasteiger partial charge in [0, 0.05) is 17.2 Å². The molecule has 1 aromatic heterocycles. The van der Waals surface area contributed by atoms with Crippen LogP contribution in [-0.2, 0) is 32.9 Å². The van der Waals surface area contributed by atoms with Crippen molar-refractivity contribution in [2.75, 3.05) is 13.2 Å². The Morgan fingerprint density at radius 1 is 1.20 bits per heavy atom. The van der Waals surface area contributed by atoms with E-state index in [4.69, 9.17) is 24.3 Å². The smallest absolute Gasteiger partial charge is 0.342 e. The number of alkyl halides is 1. The number of ether oxygens (including phenoxy) is 3. The number of halogens is 1. The van der Waals surface area contributed by atoms with Crippen molar-refractivity contribution < 1.29 is 42.4 Å². The van der Waals surface area contributed by atoms with Gasteiger partial charge in [0.15, 0.2) is 12.4 Å². The van der Waals surface area contributed by atoms with Gasteiger partial charge in [-0.15, -0.1) is 0 Å². The number of aromatic nitrogens is 2. The minimum atomic E-state index is -4.47. The Morgan fingerprint density at radius 3 is 2.20 bits per heavy atom. The lowest BCUT2D eigenvalue weighted by atomic mass is 9.97. The Morgan fingerprint density at radius 2 is 1.73 bits per heavy atom. The Bertz CT molecular complexity index is 1270. The molecular weight excluding hydrogens is 572 g/mol. The second-order valence-corrected chi connectivity index (χ2v) is 11.7. The molecule has 1 aliphatic rings. The monoisotopic (exact) mass is 607 g/mol. The molecule has 0 unspecified atom stereocenters. The first kappa shape index (κ1) is 34.1. The molecule has 230 valence electrons. The molecule has 0 amide bonds. The van der Waals surface area contributed by atoms with Gasteiger partial charge in [0.2, 0.25) is 0 Å². The number of H-pyrrole nitrogens is 1. The Kier molecular flexibility index (Phi) is 11.8. The van der Waals surface area contributed by atoms with Gasteiger partial charge in [-0.3, -0.25) is 28.5 Å². The molecule has 6 atom stereocenters. The number of rotatable bonds is 14. The number of carbonyl (C=O) groups is 2. The van der Waals surface area contributed by atoms with Gasteiger partial charge in [-0.1, -0.05) is 5.11 Å². The highest BCUT2D eigenvalue weighted by Crippen LogP contribution is 2.45. The topological polar surface area (TPSA) is 236 Å². The average Bonchev–Trinajstić information content (AvgIpc) is 3.11. The summed E-state index contributed by atoms with van der Waals surface area (Å²) < 4.78 is 51.3. The fourth-order valence-electron chi connectivity index (χ4n) is 3.70. The second-order valence-electron chi connectivity index (χ2n) is 9.87. The summed E-state index contributed by atoms with van der Waals surface area (Å²) in [6, 6.07) is -1.59. The first-order chi connectivity index (χ1) is 19.0. The lowest BCUT2D eigenvalue weighted by Crippen LogP contribution is -2.50. The molecule has 0 aromatic carbocycles. The van der Waals surface area contributed by atoms with Crippen LogP contribution < -0.4 is 21.4 Å². The molecule has 41 heavy (non-hydrogen) atoms. The maximum Gasteiger partial charge on any atom is 0.342 e. The van der Waals surface area contributed by atoms with Crippen molar-refractivity contribution in [3.05, 3.63) is 43.5 Å². The standard InChI is InChI=1S/C22H35FN7O10P/c1-11(2)38-19(33)13(5)27-41(36,28-14(6)20(34)39-12(3)4)37-10-22(9-25-29-24)17(32)16(23)18(40-22)30-8-7-15(31)26-21(30)35/h7-8,11-14,16-18,32H,9-10H2,1-6H3,(H,26,31,35)(H2,27,28,36)/t13-,14-,16+,17-,18+,22+/m0/s1. The molecule has 1 aromatic rings. The van der Waals surface area contributed by atoms with Crippen molar-refractivity contribution in [2.45, 2.75) is 89.9 Å². The number of azide groups is 1. The number of hydrogen-bond donors (Lipinski definition) is 4. The summed E-state index contributed by atoms with van der Waals surface area (Å²) in [5, 5.41) is 19.0. The third kappa shape index (κ3) is 8.94. The van der Waals surface area contributed by atoms with Crippen LogP contribution in [0.3, 0.4) is 0 Å². The fraction of sp³-hybridized carbons (Fsp3) is 0.727. The van der Waals surface area contributed by atoms with E-state index in [-0.39, 0.29) is 0 Å². The Hall–Kier alpha value is -3.11. The van der Waals surface area contributed by atoms with Crippen molar-refractivity contribution in [1.82, 2.24) is 19.7 Å².